The van der Waals surface area contributed by atoms with Crippen LogP contribution in [-0.4, -0.2) is 55.6 Å². The van der Waals surface area contributed by atoms with Crippen LogP contribution in [0.1, 0.15) is 42.4 Å². The van der Waals surface area contributed by atoms with Crippen LogP contribution in [0.4, 0.5) is 5.69 Å². The van der Waals surface area contributed by atoms with Gasteiger partial charge in [-0.25, -0.2) is 0 Å². The normalized spacial score (nSPS) is 19.4. The summed E-state index contributed by atoms with van der Waals surface area (Å²) >= 11 is 0. The minimum atomic E-state index is -0.588. The molecule has 6 heteroatoms. The number of hydrogen-bond acceptors (Lipinski definition) is 4. The molecule has 2 aliphatic rings. The summed E-state index contributed by atoms with van der Waals surface area (Å²) < 4.78 is 5.45. The number of aryl methyl sites for hydroxylation is 3. The molecule has 28 heavy (non-hydrogen) atoms. The Bertz CT molecular complexity index is 682. The molecule has 0 bridgehead atoms. The molecule has 0 aromatic heterocycles. The zero-order chi connectivity index (χ0) is 20.1. The van der Waals surface area contributed by atoms with Gasteiger partial charge in [0.1, 0.15) is 0 Å². The number of benzene rings is 1. The summed E-state index contributed by atoms with van der Waals surface area (Å²) in [6.45, 7) is 10.4. The molecule has 6 nitrogen and oxygen atoms in total. The van der Waals surface area contributed by atoms with Gasteiger partial charge in [0.05, 0.1) is 0 Å². The average Bonchev–Trinajstić information content (AvgIpc) is 2.69. The summed E-state index contributed by atoms with van der Waals surface area (Å²) in [5, 5.41) is 5.60. The summed E-state index contributed by atoms with van der Waals surface area (Å²) in [5.74, 6) is -0.698. The van der Waals surface area contributed by atoms with E-state index < -0.39 is 11.8 Å². The monoisotopic (exact) mass is 387 g/mol. The average molecular weight is 388 g/mol. The van der Waals surface area contributed by atoms with Gasteiger partial charge in [0, 0.05) is 31.5 Å². The minimum Gasteiger partial charge on any atom is -0.381 e. The molecular formula is C22H33N3O3. The van der Waals surface area contributed by atoms with E-state index in [-0.39, 0.29) is 0 Å². The Labute approximate surface area is 168 Å². The lowest BCUT2D eigenvalue weighted by Crippen LogP contribution is -2.46. The van der Waals surface area contributed by atoms with Crippen LogP contribution in [-0.2, 0) is 14.3 Å². The van der Waals surface area contributed by atoms with E-state index in [1.54, 1.807) is 0 Å². The number of ether oxygens (including phenoxy) is 1. The van der Waals surface area contributed by atoms with E-state index in [4.69, 9.17) is 4.74 Å². The molecule has 0 atom stereocenters. The van der Waals surface area contributed by atoms with E-state index in [0.717, 1.165) is 74.4 Å². The van der Waals surface area contributed by atoms with Crippen molar-refractivity contribution in [2.24, 2.45) is 5.92 Å². The number of likely N-dealkylation sites (tertiary alicyclic amines) is 1. The third-order valence-corrected chi connectivity index (χ3v) is 6.03. The lowest BCUT2D eigenvalue weighted by Gasteiger charge is -2.39. The fraction of sp³-hybridized carbons (Fsp3) is 0.636. The van der Waals surface area contributed by atoms with Crippen molar-refractivity contribution >= 4 is 17.5 Å². The molecule has 0 spiro atoms. The van der Waals surface area contributed by atoms with Crippen LogP contribution in [0.2, 0.25) is 0 Å². The molecule has 2 aliphatic heterocycles. The van der Waals surface area contributed by atoms with Crippen LogP contribution < -0.4 is 10.6 Å². The van der Waals surface area contributed by atoms with Crippen molar-refractivity contribution in [2.45, 2.75) is 52.5 Å². The standard InChI is InChI=1S/C22H33N3O3/c1-15-12-16(2)20(17(3)13-15)24-22(27)21(26)23-14-18-4-8-25(9-5-18)19-6-10-28-11-7-19/h12-13,18-19H,4-11,14H2,1-3H3,(H,23,26)(H,24,27). The number of piperidine rings is 1. The summed E-state index contributed by atoms with van der Waals surface area (Å²) in [6.07, 6.45) is 4.38. The van der Waals surface area contributed by atoms with Crippen molar-refractivity contribution in [1.82, 2.24) is 10.2 Å². The molecule has 2 N–H and O–H groups in total. The van der Waals surface area contributed by atoms with E-state index in [1.807, 2.05) is 32.9 Å². The number of rotatable bonds is 4. The smallest absolute Gasteiger partial charge is 0.313 e. The maximum Gasteiger partial charge on any atom is 0.313 e. The topological polar surface area (TPSA) is 70.7 Å². The van der Waals surface area contributed by atoms with Gasteiger partial charge in [0.25, 0.3) is 0 Å². The number of nitrogens with one attached hydrogen (secondary N) is 2. The summed E-state index contributed by atoms with van der Waals surface area (Å²) in [6, 6.07) is 4.66. The molecule has 2 amide bonds. The quantitative estimate of drug-likeness (QED) is 0.779. The van der Waals surface area contributed by atoms with Crippen LogP contribution in [0, 0.1) is 26.7 Å². The Balaban J connectivity index is 1.42. The fourth-order valence-electron chi connectivity index (χ4n) is 4.44. The van der Waals surface area contributed by atoms with Gasteiger partial charge >= 0.3 is 11.8 Å². The first kappa shape index (κ1) is 20.8. The minimum absolute atomic E-state index is 0.440. The van der Waals surface area contributed by atoms with E-state index in [2.05, 4.69) is 15.5 Å². The SMILES string of the molecule is Cc1cc(C)c(NC(=O)C(=O)NCC2CCN(C3CCOCC3)CC2)c(C)c1. The van der Waals surface area contributed by atoms with Gasteiger partial charge in [-0.1, -0.05) is 17.7 Å². The van der Waals surface area contributed by atoms with Gasteiger partial charge in [0.2, 0.25) is 0 Å². The molecule has 1 aromatic rings. The predicted molar refractivity (Wildman–Crippen MR) is 110 cm³/mol. The lowest BCUT2D eigenvalue weighted by atomic mass is 9.94. The Morgan fingerprint density at radius 2 is 1.61 bits per heavy atom. The Morgan fingerprint density at radius 3 is 2.21 bits per heavy atom. The van der Waals surface area contributed by atoms with Gasteiger partial charge in [-0.05, 0) is 76.6 Å². The molecule has 2 saturated heterocycles. The van der Waals surface area contributed by atoms with Gasteiger partial charge in [-0.2, -0.15) is 0 Å². The van der Waals surface area contributed by atoms with E-state index in [0.29, 0.717) is 18.5 Å². The number of anilines is 1. The zero-order valence-corrected chi connectivity index (χ0v) is 17.3. The van der Waals surface area contributed by atoms with Crippen LogP contribution in [0.5, 0.6) is 0 Å². The van der Waals surface area contributed by atoms with Crippen molar-refractivity contribution in [1.29, 1.82) is 0 Å². The Kier molecular flexibility index (Phi) is 7.08. The highest BCUT2D eigenvalue weighted by atomic mass is 16.5. The highest BCUT2D eigenvalue weighted by Crippen LogP contribution is 2.23. The second-order valence-corrected chi connectivity index (χ2v) is 8.26. The fourth-order valence-corrected chi connectivity index (χ4v) is 4.44. The summed E-state index contributed by atoms with van der Waals surface area (Å²) in [5.41, 5.74) is 3.82. The predicted octanol–water partition coefficient (Wildman–Crippen LogP) is 2.56. The largest absolute Gasteiger partial charge is 0.381 e. The molecule has 1 aromatic carbocycles. The molecular weight excluding hydrogens is 354 g/mol. The first-order valence-electron chi connectivity index (χ1n) is 10.4. The molecule has 0 aliphatic carbocycles. The summed E-state index contributed by atoms with van der Waals surface area (Å²) in [7, 11) is 0. The third-order valence-electron chi connectivity index (χ3n) is 6.03. The first-order valence-corrected chi connectivity index (χ1v) is 10.4. The molecule has 2 fully saturated rings. The van der Waals surface area contributed by atoms with E-state index in [1.165, 1.54) is 0 Å². The maximum absolute atomic E-state index is 12.3. The molecule has 2 heterocycles. The number of hydrogen-bond donors (Lipinski definition) is 2. The highest BCUT2D eigenvalue weighted by Gasteiger charge is 2.27. The number of carbonyl (C=O) groups is 2. The first-order chi connectivity index (χ1) is 13.4. The molecule has 0 radical (unpaired) electrons. The van der Waals surface area contributed by atoms with Gasteiger partial charge < -0.3 is 20.3 Å². The molecule has 154 valence electrons. The Hall–Kier alpha value is -1.92. The van der Waals surface area contributed by atoms with Gasteiger partial charge in [-0.15, -0.1) is 0 Å². The van der Waals surface area contributed by atoms with Crippen molar-refractivity contribution in [3.05, 3.63) is 28.8 Å². The number of nitrogens with zero attached hydrogens (tertiary/aromatic N) is 1. The van der Waals surface area contributed by atoms with Crippen LogP contribution in [0.3, 0.4) is 0 Å². The highest BCUT2D eigenvalue weighted by molar-refractivity contribution is 6.39. The third kappa shape index (κ3) is 5.32. The second kappa shape index (κ2) is 9.52. The van der Waals surface area contributed by atoms with E-state index in [9.17, 15) is 9.59 Å². The second-order valence-electron chi connectivity index (χ2n) is 8.26. The van der Waals surface area contributed by atoms with Crippen molar-refractivity contribution in [2.75, 3.05) is 38.2 Å². The zero-order valence-electron chi connectivity index (χ0n) is 17.3. The lowest BCUT2D eigenvalue weighted by molar-refractivity contribution is -0.136. The Morgan fingerprint density at radius 1 is 1.00 bits per heavy atom. The van der Waals surface area contributed by atoms with E-state index >= 15 is 0 Å². The van der Waals surface area contributed by atoms with Crippen molar-refractivity contribution in [3.8, 4) is 0 Å². The number of amides is 2. The van der Waals surface area contributed by atoms with Crippen molar-refractivity contribution < 1.29 is 14.3 Å². The number of carbonyl (C=O) groups excluding carboxylic acids is 2. The van der Waals surface area contributed by atoms with Crippen LogP contribution in [0.15, 0.2) is 12.1 Å². The maximum atomic E-state index is 12.3. The molecule has 3 rings (SSSR count). The van der Waals surface area contributed by atoms with Crippen LogP contribution in [0.25, 0.3) is 0 Å². The molecule has 0 saturated carbocycles. The molecule has 0 unspecified atom stereocenters. The van der Waals surface area contributed by atoms with Gasteiger partial charge in [0.15, 0.2) is 0 Å². The van der Waals surface area contributed by atoms with Gasteiger partial charge in [-0.3, -0.25) is 9.59 Å². The van der Waals surface area contributed by atoms with Crippen LogP contribution >= 0.6 is 0 Å². The van der Waals surface area contributed by atoms with Crippen molar-refractivity contribution in [3.63, 3.8) is 0 Å². The summed E-state index contributed by atoms with van der Waals surface area (Å²) in [4.78, 5) is 27.1.